The van der Waals surface area contributed by atoms with Crippen molar-refractivity contribution >= 4 is 5.91 Å². The van der Waals surface area contributed by atoms with Gasteiger partial charge in [0.2, 0.25) is 0 Å². The van der Waals surface area contributed by atoms with E-state index in [0.717, 1.165) is 17.7 Å². The Morgan fingerprint density at radius 1 is 1.20 bits per heavy atom. The van der Waals surface area contributed by atoms with Gasteiger partial charge in [0, 0.05) is 17.8 Å². The third kappa shape index (κ3) is 1.70. The average Bonchev–Trinajstić information content (AvgIpc) is 2.91. The van der Waals surface area contributed by atoms with Gasteiger partial charge >= 0.3 is 0 Å². The van der Waals surface area contributed by atoms with Crippen LogP contribution in [0.3, 0.4) is 0 Å². The van der Waals surface area contributed by atoms with E-state index in [0.29, 0.717) is 17.7 Å². The quantitative estimate of drug-likeness (QED) is 0.896. The summed E-state index contributed by atoms with van der Waals surface area (Å²) in [7, 11) is 0. The van der Waals surface area contributed by atoms with Gasteiger partial charge in [-0.2, -0.15) is 0 Å². The average molecular weight is 271 g/mol. The zero-order valence-electron chi connectivity index (χ0n) is 11.6. The second-order valence-corrected chi connectivity index (χ2v) is 5.11. The van der Waals surface area contributed by atoms with Gasteiger partial charge in [-0.1, -0.05) is 25.1 Å². The lowest BCUT2D eigenvalue weighted by atomic mass is 9.98. The summed E-state index contributed by atoms with van der Waals surface area (Å²) < 4.78 is 0. The minimum absolute atomic E-state index is 0.00690. The van der Waals surface area contributed by atoms with Crippen LogP contribution in [0.25, 0.3) is 0 Å². The molecule has 5 nitrogen and oxygen atoms in total. The van der Waals surface area contributed by atoms with Crippen LogP contribution >= 0.6 is 0 Å². The lowest BCUT2D eigenvalue weighted by Crippen LogP contribution is -2.32. The molecular weight excluding hydrogens is 254 g/mol. The Labute approximate surface area is 116 Å². The first-order valence-electron chi connectivity index (χ1n) is 6.82. The highest BCUT2D eigenvalue weighted by molar-refractivity contribution is 5.99. The molecule has 5 heteroatoms. The van der Waals surface area contributed by atoms with Gasteiger partial charge in [-0.3, -0.25) is 14.7 Å². The molecule has 1 aromatic heterocycles. The number of carbonyl (C=O) groups is 1. The van der Waals surface area contributed by atoms with Crippen molar-refractivity contribution < 1.29 is 4.79 Å². The predicted octanol–water partition coefficient (Wildman–Crippen LogP) is 1.97. The number of nitrogens with one attached hydrogen (secondary N) is 2. The Balaban J connectivity index is 2.21. The molecule has 1 aliphatic heterocycles. The highest BCUT2D eigenvalue weighted by atomic mass is 16.2. The van der Waals surface area contributed by atoms with Crippen LogP contribution in [0.4, 0.5) is 0 Å². The first-order chi connectivity index (χ1) is 9.65. The summed E-state index contributed by atoms with van der Waals surface area (Å²) in [6, 6.07) is 7.24. The zero-order valence-corrected chi connectivity index (χ0v) is 11.6. The molecule has 1 amide bonds. The number of hydrogen-bond donors (Lipinski definition) is 2. The molecule has 1 atom stereocenters. The molecule has 0 spiro atoms. The fourth-order valence-corrected chi connectivity index (χ4v) is 2.94. The van der Waals surface area contributed by atoms with Crippen molar-refractivity contribution in [3.8, 4) is 0 Å². The topological polar surface area (TPSA) is 69.0 Å². The van der Waals surface area contributed by atoms with Crippen LogP contribution in [-0.2, 0) is 0 Å². The van der Waals surface area contributed by atoms with Crippen molar-refractivity contribution in [2.75, 3.05) is 6.54 Å². The van der Waals surface area contributed by atoms with E-state index in [9.17, 15) is 9.59 Å². The van der Waals surface area contributed by atoms with Gasteiger partial charge in [0.05, 0.1) is 11.6 Å². The maximum Gasteiger partial charge on any atom is 0.269 e. The van der Waals surface area contributed by atoms with Crippen LogP contribution < -0.4 is 5.56 Å². The molecule has 3 rings (SSSR count). The van der Waals surface area contributed by atoms with Gasteiger partial charge < -0.3 is 10.00 Å². The maximum absolute atomic E-state index is 12.5. The lowest BCUT2D eigenvalue weighted by Gasteiger charge is -2.24. The minimum atomic E-state index is -0.284. The molecular formula is C15H17N3O2. The van der Waals surface area contributed by atoms with Crippen LogP contribution in [0, 0.1) is 6.92 Å². The molecule has 0 fully saturated rings. The van der Waals surface area contributed by atoms with Crippen LogP contribution in [0.5, 0.6) is 0 Å². The molecule has 0 saturated carbocycles. The Kier molecular flexibility index (Phi) is 2.97. The zero-order chi connectivity index (χ0) is 14.3. The molecule has 1 aliphatic rings. The first-order valence-corrected chi connectivity index (χ1v) is 6.82. The van der Waals surface area contributed by atoms with Crippen LogP contribution in [0.2, 0.25) is 0 Å². The minimum Gasteiger partial charge on any atom is -0.327 e. The standard InChI is InChI=1S/C15H17N3O2/c1-3-8-18-13(12-9(2)16-17-14(12)19)10-6-4-5-7-11(10)15(18)20/h4-7,13H,3,8H2,1-2H3,(H2,16,17,19). The number of hydrogen-bond acceptors (Lipinski definition) is 2. The fourth-order valence-electron chi connectivity index (χ4n) is 2.94. The highest BCUT2D eigenvalue weighted by Crippen LogP contribution is 2.37. The number of rotatable bonds is 3. The second-order valence-electron chi connectivity index (χ2n) is 5.11. The van der Waals surface area contributed by atoms with Crippen molar-refractivity contribution in [3.05, 3.63) is 57.0 Å². The number of benzene rings is 1. The molecule has 104 valence electrons. The van der Waals surface area contributed by atoms with Gasteiger partial charge in [-0.05, 0) is 25.0 Å². The van der Waals surface area contributed by atoms with Gasteiger partial charge in [0.25, 0.3) is 11.5 Å². The normalized spacial score (nSPS) is 17.6. The molecule has 0 radical (unpaired) electrons. The molecule has 0 saturated heterocycles. The Morgan fingerprint density at radius 3 is 2.60 bits per heavy atom. The number of nitrogens with zero attached hydrogens (tertiary/aromatic N) is 1. The molecule has 2 N–H and O–H groups in total. The molecule has 20 heavy (non-hydrogen) atoms. The highest BCUT2D eigenvalue weighted by Gasteiger charge is 2.39. The van der Waals surface area contributed by atoms with Crippen LogP contribution in [0.15, 0.2) is 29.1 Å². The fraction of sp³-hybridized carbons (Fsp3) is 0.333. The summed E-state index contributed by atoms with van der Waals surface area (Å²) in [5.41, 5.74) is 2.88. The number of fused-ring (bicyclic) bond motifs is 1. The molecule has 1 aromatic carbocycles. The number of amides is 1. The van der Waals surface area contributed by atoms with Gasteiger partial charge in [-0.15, -0.1) is 0 Å². The number of H-pyrrole nitrogens is 2. The van der Waals surface area contributed by atoms with E-state index >= 15 is 0 Å². The smallest absolute Gasteiger partial charge is 0.269 e. The second kappa shape index (κ2) is 4.67. The summed E-state index contributed by atoms with van der Waals surface area (Å²) >= 11 is 0. The van der Waals surface area contributed by atoms with Crippen molar-refractivity contribution in [2.45, 2.75) is 26.3 Å². The number of aromatic amines is 2. The monoisotopic (exact) mass is 271 g/mol. The summed E-state index contributed by atoms with van der Waals surface area (Å²) in [6.45, 7) is 4.52. The molecule has 2 heterocycles. The largest absolute Gasteiger partial charge is 0.327 e. The van der Waals surface area contributed by atoms with E-state index < -0.39 is 0 Å². The van der Waals surface area contributed by atoms with Crippen molar-refractivity contribution in [1.82, 2.24) is 15.1 Å². The van der Waals surface area contributed by atoms with E-state index in [1.807, 2.05) is 38.1 Å². The summed E-state index contributed by atoms with van der Waals surface area (Å²) in [5.74, 6) is 0.00690. The Hall–Kier alpha value is -2.30. The van der Waals surface area contributed by atoms with Crippen molar-refractivity contribution in [2.24, 2.45) is 0 Å². The van der Waals surface area contributed by atoms with E-state index in [1.165, 1.54) is 0 Å². The van der Waals surface area contributed by atoms with E-state index in [2.05, 4.69) is 10.2 Å². The molecule has 0 bridgehead atoms. The lowest BCUT2D eigenvalue weighted by molar-refractivity contribution is 0.0749. The third-order valence-electron chi connectivity index (χ3n) is 3.81. The van der Waals surface area contributed by atoms with E-state index in [1.54, 1.807) is 4.90 Å². The molecule has 1 unspecified atom stereocenters. The SMILES string of the molecule is CCCN1C(=O)c2ccccc2C1c1c(C)[nH][nH]c1=O. The summed E-state index contributed by atoms with van der Waals surface area (Å²) in [5, 5.41) is 5.45. The number of aryl methyl sites for hydroxylation is 1. The van der Waals surface area contributed by atoms with E-state index in [-0.39, 0.29) is 17.5 Å². The molecule has 0 aliphatic carbocycles. The van der Waals surface area contributed by atoms with Crippen molar-refractivity contribution in [1.29, 1.82) is 0 Å². The third-order valence-corrected chi connectivity index (χ3v) is 3.81. The van der Waals surface area contributed by atoms with Gasteiger partial charge in [0.15, 0.2) is 0 Å². The Morgan fingerprint density at radius 2 is 1.95 bits per heavy atom. The van der Waals surface area contributed by atoms with E-state index in [4.69, 9.17) is 0 Å². The molecule has 2 aromatic rings. The summed E-state index contributed by atoms with van der Waals surface area (Å²) in [4.78, 5) is 26.4. The van der Waals surface area contributed by atoms with Gasteiger partial charge in [-0.25, -0.2) is 0 Å². The maximum atomic E-state index is 12.5. The van der Waals surface area contributed by atoms with Crippen molar-refractivity contribution in [3.63, 3.8) is 0 Å². The first kappa shape index (κ1) is 12.7. The van der Waals surface area contributed by atoms with Crippen LogP contribution in [0.1, 0.15) is 46.6 Å². The summed E-state index contributed by atoms with van der Waals surface area (Å²) in [6.07, 6.45) is 0.859. The Bertz CT molecular complexity index is 714. The van der Waals surface area contributed by atoms with Crippen LogP contribution in [-0.4, -0.2) is 27.5 Å². The number of aromatic nitrogens is 2. The predicted molar refractivity (Wildman–Crippen MR) is 75.8 cm³/mol. The number of carbonyl (C=O) groups excluding carboxylic acids is 1. The van der Waals surface area contributed by atoms with Gasteiger partial charge in [0.1, 0.15) is 0 Å².